The van der Waals surface area contributed by atoms with Crippen molar-refractivity contribution in [2.75, 3.05) is 13.2 Å². The van der Waals surface area contributed by atoms with Gasteiger partial charge in [0.2, 0.25) is 0 Å². The zero-order valence-corrected chi connectivity index (χ0v) is 15.3. The Morgan fingerprint density at radius 1 is 0.893 bits per heavy atom. The molecule has 1 N–H and O–H groups in total. The Hall–Kier alpha value is -3.47. The van der Waals surface area contributed by atoms with Crippen LogP contribution in [0.15, 0.2) is 78.9 Å². The van der Waals surface area contributed by atoms with Gasteiger partial charge in [0, 0.05) is 12.0 Å². The lowest BCUT2D eigenvalue weighted by Gasteiger charge is -2.26. The number of amides is 1. The van der Waals surface area contributed by atoms with Crippen molar-refractivity contribution in [2.24, 2.45) is 0 Å². The maximum absolute atomic E-state index is 12.3. The molecule has 0 spiro atoms. The quantitative estimate of drug-likeness (QED) is 0.689. The molecule has 1 aliphatic heterocycles. The molecule has 0 aliphatic carbocycles. The minimum atomic E-state index is -0.161. The van der Waals surface area contributed by atoms with E-state index in [9.17, 15) is 4.79 Å². The van der Waals surface area contributed by atoms with Gasteiger partial charge in [0.05, 0.1) is 12.6 Å². The molecule has 3 aromatic carbocycles. The molecule has 28 heavy (non-hydrogen) atoms. The number of rotatable bonds is 6. The van der Waals surface area contributed by atoms with Crippen LogP contribution in [0.5, 0.6) is 23.0 Å². The summed E-state index contributed by atoms with van der Waals surface area (Å²) in [4.78, 5) is 12.3. The van der Waals surface area contributed by atoms with Crippen LogP contribution >= 0.6 is 0 Å². The highest BCUT2D eigenvalue weighted by molar-refractivity contribution is 5.78. The van der Waals surface area contributed by atoms with Crippen LogP contribution in [0, 0.1) is 0 Å². The Morgan fingerprint density at radius 3 is 2.39 bits per heavy atom. The molecule has 4 rings (SSSR count). The standard InChI is InChI=1S/C23H21NO4/c25-23(24-21-14-15-26-22-9-5-4-8-20(21)22)16-27-17-10-12-19(13-11-17)28-18-6-2-1-3-7-18/h1-13,21H,14-16H2,(H,24,25). The molecule has 1 unspecified atom stereocenters. The van der Waals surface area contributed by atoms with E-state index in [1.165, 1.54) is 0 Å². The SMILES string of the molecule is O=C(COc1ccc(Oc2ccccc2)cc1)NC1CCOc2ccccc21. The number of hydrogen-bond donors (Lipinski definition) is 1. The van der Waals surface area contributed by atoms with E-state index >= 15 is 0 Å². The average Bonchev–Trinajstić information content (AvgIpc) is 2.74. The van der Waals surface area contributed by atoms with Crippen LogP contribution in [-0.2, 0) is 4.79 Å². The number of benzene rings is 3. The van der Waals surface area contributed by atoms with E-state index in [1.54, 1.807) is 12.1 Å². The molecule has 0 aromatic heterocycles. The van der Waals surface area contributed by atoms with Gasteiger partial charge in [0.25, 0.3) is 5.91 Å². The second-order valence-corrected chi connectivity index (χ2v) is 6.47. The lowest BCUT2D eigenvalue weighted by atomic mass is 10.0. The molecular formula is C23H21NO4. The fourth-order valence-corrected chi connectivity index (χ4v) is 3.11. The van der Waals surface area contributed by atoms with Crippen molar-refractivity contribution in [1.82, 2.24) is 5.32 Å². The van der Waals surface area contributed by atoms with E-state index in [0.717, 1.165) is 23.5 Å². The zero-order valence-electron chi connectivity index (χ0n) is 15.3. The monoisotopic (exact) mass is 375 g/mol. The average molecular weight is 375 g/mol. The van der Waals surface area contributed by atoms with Gasteiger partial charge in [-0.2, -0.15) is 0 Å². The number of carbonyl (C=O) groups excluding carboxylic acids is 1. The van der Waals surface area contributed by atoms with Gasteiger partial charge < -0.3 is 19.5 Å². The van der Waals surface area contributed by atoms with Crippen molar-refractivity contribution < 1.29 is 19.0 Å². The molecule has 0 saturated heterocycles. The van der Waals surface area contributed by atoms with Crippen molar-refractivity contribution in [1.29, 1.82) is 0 Å². The first-order chi connectivity index (χ1) is 13.8. The molecule has 1 atom stereocenters. The molecule has 1 amide bonds. The number of carbonyl (C=O) groups is 1. The van der Waals surface area contributed by atoms with Crippen LogP contribution in [0.3, 0.4) is 0 Å². The second kappa shape index (κ2) is 8.48. The Balaban J connectivity index is 1.29. The summed E-state index contributed by atoms with van der Waals surface area (Å²) < 4.78 is 17.0. The molecule has 5 nitrogen and oxygen atoms in total. The Kier molecular flexibility index (Phi) is 5.43. The highest BCUT2D eigenvalue weighted by Crippen LogP contribution is 2.31. The van der Waals surface area contributed by atoms with Crippen molar-refractivity contribution in [2.45, 2.75) is 12.5 Å². The van der Waals surface area contributed by atoms with Crippen molar-refractivity contribution >= 4 is 5.91 Å². The minimum absolute atomic E-state index is 0.0432. The lowest BCUT2D eigenvalue weighted by molar-refractivity contribution is -0.124. The van der Waals surface area contributed by atoms with Crippen LogP contribution in [0.1, 0.15) is 18.0 Å². The third-order valence-corrected chi connectivity index (χ3v) is 4.47. The van der Waals surface area contributed by atoms with E-state index in [-0.39, 0.29) is 18.6 Å². The third kappa shape index (κ3) is 4.43. The van der Waals surface area contributed by atoms with Crippen molar-refractivity contribution in [3.63, 3.8) is 0 Å². The number of ether oxygens (including phenoxy) is 3. The van der Waals surface area contributed by atoms with Crippen molar-refractivity contribution in [3.8, 4) is 23.0 Å². The van der Waals surface area contributed by atoms with Gasteiger partial charge in [-0.1, -0.05) is 36.4 Å². The van der Waals surface area contributed by atoms with Gasteiger partial charge in [-0.3, -0.25) is 4.79 Å². The lowest BCUT2D eigenvalue weighted by Crippen LogP contribution is -2.35. The van der Waals surface area contributed by atoms with E-state index in [1.807, 2.05) is 66.7 Å². The second-order valence-electron chi connectivity index (χ2n) is 6.47. The van der Waals surface area contributed by atoms with Crippen LogP contribution < -0.4 is 19.5 Å². The molecule has 0 fully saturated rings. The normalized spacial score (nSPS) is 15.1. The highest BCUT2D eigenvalue weighted by Gasteiger charge is 2.22. The van der Waals surface area contributed by atoms with Gasteiger partial charge in [-0.15, -0.1) is 0 Å². The molecule has 1 heterocycles. The van der Waals surface area contributed by atoms with Crippen molar-refractivity contribution in [3.05, 3.63) is 84.4 Å². The molecule has 0 bridgehead atoms. The number of para-hydroxylation sites is 2. The van der Waals surface area contributed by atoms with E-state index in [4.69, 9.17) is 14.2 Å². The van der Waals surface area contributed by atoms with Gasteiger partial charge in [-0.05, 0) is 42.5 Å². The Labute approximate surface area is 163 Å². The van der Waals surface area contributed by atoms with Gasteiger partial charge >= 0.3 is 0 Å². The summed E-state index contributed by atoms with van der Waals surface area (Å²) in [6, 6.07) is 24.5. The molecule has 142 valence electrons. The van der Waals surface area contributed by atoms with Gasteiger partial charge in [-0.25, -0.2) is 0 Å². The van der Waals surface area contributed by atoms with Gasteiger partial charge in [0.15, 0.2) is 6.61 Å². The maximum atomic E-state index is 12.3. The van der Waals surface area contributed by atoms with E-state index in [2.05, 4.69) is 5.32 Å². The zero-order chi connectivity index (χ0) is 19.2. The predicted octanol–water partition coefficient (Wildman–Crippen LogP) is 4.50. The summed E-state index contributed by atoms with van der Waals surface area (Å²) in [5, 5.41) is 3.02. The summed E-state index contributed by atoms with van der Waals surface area (Å²) in [6.45, 7) is 0.546. The summed E-state index contributed by atoms with van der Waals surface area (Å²) >= 11 is 0. The summed E-state index contributed by atoms with van der Waals surface area (Å²) in [6.07, 6.45) is 0.744. The highest BCUT2D eigenvalue weighted by atomic mass is 16.5. The molecule has 3 aromatic rings. The first-order valence-corrected chi connectivity index (χ1v) is 9.25. The largest absolute Gasteiger partial charge is 0.493 e. The van der Waals surface area contributed by atoms with Crippen LogP contribution in [0.4, 0.5) is 0 Å². The fraction of sp³-hybridized carbons (Fsp3) is 0.174. The molecule has 1 aliphatic rings. The topological polar surface area (TPSA) is 56.8 Å². The van der Waals surface area contributed by atoms with Gasteiger partial charge in [0.1, 0.15) is 23.0 Å². The first kappa shape index (κ1) is 17.9. The van der Waals surface area contributed by atoms with Crippen LogP contribution in [0.2, 0.25) is 0 Å². The number of fused-ring (bicyclic) bond motifs is 1. The van der Waals surface area contributed by atoms with Crippen LogP contribution in [-0.4, -0.2) is 19.1 Å². The molecular weight excluding hydrogens is 354 g/mol. The summed E-state index contributed by atoms with van der Waals surface area (Å²) in [5.41, 5.74) is 1.00. The number of hydrogen-bond acceptors (Lipinski definition) is 4. The Morgan fingerprint density at radius 2 is 1.57 bits per heavy atom. The first-order valence-electron chi connectivity index (χ1n) is 9.25. The Bertz CT molecular complexity index is 925. The van der Waals surface area contributed by atoms with Crippen LogP contribution in [0.25, 0.3) is 0 Å². The third-order valence-electron chi connectivity index (χ3n) is 4.47. The van der Waals surface area contributed by atoms with E-state index in [0.29, 0.717) is 18.1 Å². The smallest absolute Gasteiger partial charge is 0.258 e. The minimum Gasteiger partial charge on any atom is -0.493 e. The summed E-state index contributed by atoms with van der Waals surface area (Å²) in [7, 11) is 0. The van der Waals surface area contributed by atoms with E-state index < -0.39 is 0 Å². The molecule has 5 heteroatoms. The predicted molar refractivity (Wildman–Crippen MR) is 106 cm³/mol. The molecule has 0 radical (unpaired) electrons. The maximum Gasteiger partial charge on any atom is 0.258 e. The number of nitrogens with one attached hydrogen (secondary N) is 1. The summed E-state index contributed by atoms with van der Waals surface area (Å²) in [5.74, 6) is 2.76. The molecule has 0 saturated carbocycles. The fourth-order valence-electron chi connectivity index (χ4n) is 3.11.